The lowest BCUT2D eigenvalue weighted by molar-refractivity contribution is -0.196. The van der Waals surface area contributed by atoms with Crippen LogP contribution in [0.15, 0.2) is 0 Å². The summed E-state index contributed by atoms with van der Waals surface area (Å²) in [6, 6.07) is 0. The number of halogens is 3. The maximum absolute atomic E-state index is 12.8. The van der Waals surface area contributed by atoms with Crippen LogP contribution in [0.1, 0.15) is 39.0 Å². The molecule has 2 rings (SSSR count). The maximum Gasteiger partial charge on any atom is 0.392 e. The molecular weight excluding hydrogens is 189 g/mol. The van der Waals surface area contributed by atoms with Crippen molar-refractivity contribution in [2.24, 2.45) is 23.7 Å². The first-order valence-corrected chi connectivity index (χ1v) is 5.57. The minimum absolute atomic E-state index is 0.0567. The molecule has 4 atom stereocenters. The SMILES string of the molecule is CC1CC2CCCCC2C1C(F)(F)F. The highest BCUT2D eigenvalue weighted by Gasteiger charge is 2.54. The molecule has 0 radical (unpaired) electrons. The van der Waals surface area contributed by atoms with E-state index in [9.17, 15) is 13.2 Å². The van der Waals surface area contributed by atoms with Crippen LogP contribution < -0.4 is 0 Å². The van der Waals surface area contributed by atoms with E-state index < -0.39 is 12.1 Å². The molecule has 82 valence electrons. The van der Waals surface area contributed by atoms with Gasteiger partial charge in [0.15, 0.2) is 0 Å². The monoisotopic (exact) mass is 206 g/mol. The summed E-state index contributed by atoms with van der Waals surface area (Å²) in [6.07, 6.45) is 0.810. The first kappa shape index (κ1) is 10.3. The summed E-state index contributed by atoms with van der Waals surface area (Å²) >= 11 is 0. The van der Waals surface area contributed by atoms with Crippen molar-refractivity contribution in [3.05, 3.63) is 0 Å². The van der Waals surface area contributed by atoms with Crippen LogP contribution in [0.3, 0.4) is 0 Å². The molecule has 0 bridgehead atoms. The topological polar surface area (TPSA) is 0 Å². The molecule has 2 saturated carbocycles. The van der Waals surface area contributed by atoms with Gasteiger partial charge in [0, 0.05) is 0 Å². The second-order valence-corrected chi connectivity index (χ2v) is 4.99. The highest BCUT2D eigenvalue weighted by molar-refractivity contribution is 4.94. The van der Waals surface area contributed by atoms with Crippen molar-refractivity contribution in [1.82, 2.24) is 0 Å². The third kappa shape index (κ3) is 1.66. The Kier molecular flexibility index (Phi) is 2.52. The first-order valence-electron chi connectivity index (χ1n) is 5.57. The molecule has 0 aromatic rings. The predicted octanol–water partition coefficient (Wildman–Crippen LogP) is 4.01. The Morgan fingerprint density at radius 2 is 1.71 bits per heavy atom. The number of alkyl halides is 3. The third-order valence-electron chi connectivity index (χ3n) is 4.09. The van der Waals surface area contributed by atoms with Crippen molar-refractivity contribution in [2.45, 2.75) is 45.2 Å². The van der Waals surface area contributed by atoms with Gasteiger partial charge in [0.2, 0.25) is 0 Å². The Balaban J connectivity index is 2.15. The summed E-state index contributed by atoms with van der Waals surface area (Å²) < 4.78 is 38.3. The molecule has 0 aromatic carbocycles. The van der Waals surface area contributed by atoms with Gasteiger partial charge in [-0.1, -0.05) is 26.2 Å². The quantitative estimate of drug-likeness (QED) is 0.561. The van der Waals surface area contributed by atoms with Gasteiger partial charge in [-0.3, -0.25) is 0 Å². The molecule has 3 heteroatoms. The number of hydrogen-bond acceptors (Lipinski definition) is 0. The largest absolute Gasteiger partial charge is 0.392 e. The minimum Gasteiger partial charge on any atom is -0.171 e. The minimum atomic E-state index is -3.96. The first-order chi connectivity index (χ1) is 6.50. The van der Waals surface area contributed by atoms with Crippen molar-refractivity contribution >= 4 is 0 Å². The lowest BCUT2D eigenvalue weighted by Crippen LogP contribution is -2.32. The summed E-state index contributed by atoms with van der Waals surface area (Å²) in [7, 11) is 0. The Bertz CT molecular complexity index is 209. The zero-order valence-corrected chi connectivity index (χ0v) is 8.48. The summed E-state index contributed by atoms with van der Waals surface area (Å²) in [5.74, 6) is -0.847. The summed E-state index contributed by atoms with van der Waals surface area (Å²) in [6.45, 7) is 1.77. The van der Waals surface area contributed by atoms with E-state index in [0.29, 0.717) is 5.92 Å². The van der Waals surface area contributed by atoms with E-state index in [-0.39, 0.29) is 11.8 Å². The zero-order chi connectivity index (χ0) is 10.3. The highest BCUT2D eigenvalue weighted by atomic mass is 19.4. The Morgan fingerprint density at radius 1 is 1.07 bits per heavy atom. The van der Waals surface area contributed by atoms with Crippen LogP contribution in [-0.4, -0.2) is 6.18 Å². The molecular formula is C11H17F3. The fourth-order valence-corrected chi connectivity index (χ4v) is 3.61. The van der Waals surface area contributed by atoms with Crippen molar-refractivity contribution < 1.29 is 13.2 Å². The average Bonchev–Trinajstić information content (AvgIpc) is 2.38. The van der Waals surface area contributed by atoms with Gasteiger partial charge in [0.05, 0.1) is 5.92 Å². The van der Waals surface area contributed by atoms with Gasteiger partial charge in [-0.15, -0.1) is 0 Å². The molecule has 0 aliphatic heterocycles. The molecule has 2 fully saturated rings. The molecule has 0 saturated heterocycles. The average molecular weight is 206 g/mol. The van der Waals surface area contributed by atoms with Gasteiger partial charge in [0.25, 0.3) is 0 Å². The molecule has 2 aliphatic rings. The summed E-state index contributed by atoms with van der Waals surface area (Å²) in [4.78, 5) is 0. The fraction of sp³-hybridized carbons (Fsp3) is 1.00. The number of rotatable bonds is 0. The summed E-state index contributed by atoms with van der Waals surface area (Å²) in [5, 5.41) is 0. The lowest BCUT2D eigenvalue weighted by Gasteiger charge is -2.31. The molecule has 14 heavy (non-hydrogen) atoms. The predicted molar refractivity (Wildman–Crippen MR) is 48.8 cm³/mol. The van der Waals surface area contributed by atoms with Crippen LogP contribution in [0.2, 0.25) is 0 Å². The van der Waals surface area contributed by atoms with E-state index in [4.69, 9.17) is 0 Å². The van der Waals surface area contributed by atoms with Gasteiger partial charge in [-0.05, 0) is 30.6 Å². The molecule has 0 aromatic heterocycles. The number of fused-ring (bicyclic) bond motifs is 1. The van der Waals surface area contributed by atoms with Crippen molar-refractivity contribution in [1.29, 1.82) is 0 Å². The maximum atomic E-state index is 12.8. The van der Waals surface area contributed by atoms with Crippen molar-refractivity contribution in [2.75, 3.05) is 0 Å². The normalized spacial score (nSPS) is 43.7. The van der Waals surface area contributed by atoms with E-state index in [0.717, 1.165) is 32.1 Å². The van der Waals surface area contributed by atoms with Gasteiger partial charge in [0.1, 0.15) is 0 Å². The second kappa shape index (κ2) is 3.42. The Hall–Kier alpha value is -0.210. The van der Waals surface area contributed by atoms with Gasteiger partial charge < -0.3 is 0 Å². The molecule has 4 unspecified atom stereocenters. The third-order valence-corrected chi connectivity index (χ3v) is 4.09. The van der Waals surface area contributed by atoms with Crippen LogP contribution >= 0.6 is 0 Å². The molecule has 0 spiro atoms. The lowest BCUT2D eigenvalue weighted by atomic mass is 9.77. The van der Waals surface area contributed by atoms with Crippen LogP contribution in [0.25, 0.3) is 0 Å². The highest BCUT2D eigenvalue weighted by Crippen LogP contribution is 2.54. The molecule has 2 aliphatic carbocycles. The van der Waals surface area contributed by atoms with Crippen LogP contribution in [0, 0.1) is 23.7 Å². The van der Waals surface area contributed by atoms with E-state index in [2.05, 4.69) is 0 Å². The van der Waals surface area contributed by atoms with E-state index >= 15 is 0 Å². The Morgan fingerprint density at radius 3 is 2.36 bits per heavy atom. The molecule has 0 amide bonds. The van der Waals surface area contributed by atoms with Gasteiger partial charge in [-0.25, -0.2) is 0 Å². The summed E-state index contributed by atoms with van der Waals surface area (Å²) in [5.41, 5.74) is 0. The standard InChI is InChI=1S/C11H17F3/c1-7-6-8-4-2-3-5-9(8)10(7)11(12,13)14/h7-10H,2-6H2,1H3. The molecule has 0 nitrogen and oxygen atoms in total. The second-order valence-electron chi connectivity index (χ2n) is 4.99. The van der Waals surface area contributed by atoms with Crippen LogP contribution in [0.4, 0.5) is 13.2 Å². The van der Waals surface area contributed by atoms with E-state index in [1.807, 2.05) is 0 Å². The van der Waals surface area contributed by atoms with Crippen molar-refractivity contribution in [3.63, 3.8) is 0 Å². The van der Waals surface area contributed by atoms with E-state index in [1.54, 1.807) is 6.92 Å². The zero-order valence-electron chi connectivity index (χ0n) is 8.48. The van der Waals surface area contributed by atoms with Crippen molar-refractivity contribution in [3.8, 4) is 0 Å². The van der Waals surface area contributed by atoms with Crippen LogP contribution in [0.5, 0.6) is 0 Å². The number of hydrogen-bond donors (Lipinski definition) is 0. The van der Waals surface area contributed by atoms with Crippen LogP contribution in [-0.2, 0) is 0 Å². The molecule has 0 N–H and O–H groups in total. The van der Waals surface area contributed by atoms with Gasteiger partial charge >= 0.3 is 6.18 Å². The smallest absolute Gasteiger partial charge is 0.171 e. The van der Waals surface area contributed by atoms with E-state index in [1.165, 1.54) is 0 Å². The van der Waals surface area contributed by atoms with Gasteiger partial charge in [-0.2, -0.15) is 13.2 Å². The fourth-order valence-electron chi connectivity index (χ4n) is 3.61. The molecule has 0 heterocycles. The Labute approximate surface area is 82.9 Å².